The number of hydrogen-bond acceptors (Lipinski definition) is 1. The highest BCUT2D eigenvalue weighted by atomic mass is 15.1. The van der Waals surface area contributed by atoms with Crippen LogP contribution >= 0.6 is 0 Å². The third kappa shape index (κ3) is 7.13. The maximum atomic E-state index is 2.42. The summed E-state index contributed by atoms with van der Waals surface area (Å²) in [6, 6.07) is 102. The summed E-state index contributed by atoms with van der Waals surface area (Å²) in [5.41, 5.74) is 18.8. The van der Waals surface area contributed by atoms with E-state index < -0.39 is 0 Å². The highest BCUT2D eigenvalue weighted by Crippen LogP contribution is 2.43. The van der Waals surface area contributed by atoms with Crippen LogP contribution < -0.4 is 4.90 Å². The highest BCUT2D eigenvalue weighted by molar-refractivity contribution is 6.10. The molecule has 0 fully saturated rings. The smallest absolute Gasteiger partial charge is 0.0541 e. The van der Waals surface area contributed by atoms with Gasteiger partial charge in [0.05, 0.1) is 16.7 Å². The predicted octanol–water partition coefficient (Wildman–Crippen LogP) is 18.9. The molecule has 0 aliphatic heterocycles. The van der Waals surface area contributed by atoms with Crippen molar-refractivity contribution in [3.63, 3.8) is 0 Å². The van der Waals surface area contributed by atoms with Crippen molar-refractivity contribution in [1.29, 1.82) is 0 Å². The number of para-hydroxylation sites is 3. The Bertz CT molecular complexity index is 3820. The van der Waals surface area contributed by atoms with E-state index in [1.807, 2.05) is 0 Å². The van der Waals surface area contributed by atoms with Crippen LogP contribution in [-0.4, -0.2) is 4.57 Å². The molecule has 13 rings (SSSR count). The van der Waals surface area contributed by atoms with E-state index in [-0.39, 0.29) is 0 Å². The number of fused-ring (bicyclic) bond motifs is 5. The van der Waals surface area contributed by atoms with Crippen LogP contribution in [0.5, 0.6) is 0 Å². The molecule has 0 radical (unpaired) electrons. The van der Waals surface area contributed by atoms with E-state index in [2.05, 4.69) is 289 Å². The van der Waals surface area contributed by atoms with Gasteiger partial charge in [-0.3, -0.25) is 0 Å². The standard InChI is InChI=1S/C68H46N2/c1-3-18-47(19-4-1)55-42-44-57(62-27-9-7-25-60(55)62)49-34-38-52(39-35-49)69(53-40-36-50(37-41-53)58-45-43-56(48-20-5-2-6-21-48)61-26-8-10-28-63(58)61)54-23-17-22-51(46-54)59-24-11-14-31-66(59)70-67-32-15-12-29-64(67)65-30-13-16-33-68(65)70/h1-46H. The molecular weight excluding hydrogens is 845 g/mol. The Morgan fingerprint density at radius 2 is 0.571 bits per heavy atom. The van der Waals surface area contributed by atoms with Crippen LogP contribution in [0.2, 0.25) is 0 Å². The first-order chi connectivity index (χ1) is 34.7. The van der Waals surface area contributed by atoms with Crippen LogP contribution in [0.15, 0.2) is 279 Å². The number of anilines is 3. The Morgan fingerprint density at radius 3 is 1.03 bits per heavy atom. The molecule has 2 nitrogen and oxygen atoms in total. The van der Waals surface area contributed by atoms with Crippen molar-refractivity contribution in [2.24, 2.45) is 0 Å². The van der Waals surface area contributed by atoms with Gasteiger partial charge in [-0.2, -0.15) is 0 Å². The molecule has 13 aromatic rings. The van der Waals surface area contributed by atoms with Gasteiger partial charge in [-0.15, -0.1) is 0 Å². The van der Waals surface area contributed by atoms with Crippen LogP contribution in [0.1, 0.15) is 0 Å². The predicted molar refractivity (Wildman–Crippen MR) is 298 cm³/mol. The monoisotopic (exact) mass is 890 g/mol. The lowest BCUT2D eigenvalue weighted by molar-refractivity contribution is 1.18. The zero-order chi connectivity index (χ0) is 46.4. The van der Waals surface area contributed by atoms with Gasteiger partial charge >= 0.3 is 0 Å². The molecule has 0 atom stereocenters. The minimum atomic E-state index is 1.07. The first kappa shape index (κ1) is 41.0. The van der Waals surface area contributed by atoms with Crippen LogP contribution in [-0.2, 0) is 0 Å². The zero-order valence-electron chi connectivity index (χ0n) is 38.5. The molecule has 1 aromatic heterocycles. The van der Waals surface area contributed by atoms with Gasteiger partial charge < -0.3 is 9.47 Å². The Kier molecular flexibility index (Phi) is 10.2. The summed E-state index contributed by atoms with van der Waals surface area (Å²) >= 11 is 0. The molecule has 0 saturated heterocycles. The molecule has 0 amide bonds. The van der Waals surface area contributed by atoms with Gasteiger partial charge in [0.15, 0.2) is 0 Å². The zero-order valence-corrected chi connectivity index (χ0v) is 38.5. The van der Waals surface area contributed by atoms with Crippen molar-refractivity contribution in [3.05, 3.63) is 279 Å². The van der Waals surface area contributed by atoms with E-state index in [9.17, 15) is 0 Å². The lowest BCUT2D eigenvalue weighted by Crippen LogP contribution is -2.10. The quantitative estimate of drug-likeness (QED) is 0.140. The van der Waals surface area contributed by atoms with Gasteiger partial charge in [0.2, 0.25) is 0 Å². The molecule has 0 saturated carbocycles. The summed E-state index contributed by atoms with van der Waals surface area (Å²) in [5, 5.41) is 7.47. The second-order valence-electron chi connectivity index (χ2n) is 18.0. The summed E-state index contributed by atoms with van der Waals surface area (Å²) in [5.74, 6) is 0. The largest absolute Gasteiger partial charge is 0.310 e. The molecule has 0 unspecified atom stereocenters. The summed E-state index contributed by atoms with van der Waals surface area (Å²) in [4.78, 5) is 2.40. The molecular formula is C68H46N2. The molecule has 1 heterocycles. The molecule has 0 bridgehead atoms. The Morgan fingerprint density at radius 1 is 0.214 bits per heavy atom. The van der Waals surface area contributed by atoms with E-state index >= 15 is 0 Å². The van der Waals surface area contributed by atoms with Crippen LogP contribution in [0.25, 0.3) is 105 Å². The highest BCUT2D eigenvalue weighted by Gasteiger charge is 2.19. The fourth-order valence-corrected chi connectivity index (χ4v) is 10.8. The molecule has 328 valence electrons. The first-order valence-electron chi connectivity index (χ1n) is 24.1. The number of hydrogen-bond donors (Lipinski definition) is 0. The second kappa shape index (κ2) is 17.4. The number of nitrogens with zero attached hydrogens (tertiary/aromatic N) is 2. The van der Waals surface area contributed by atoms with Crippen molar-refractivity contribution >= 4 is 60.4 Å². The summed E-state index contributed by atoms with van der Waals surface area (Å²) in [6.07, 6.45) is 0. The van der Waals surface area contributed by atoms with Crippen molar-refractivity contribution in [1.82, 2.24) is 4.57 Å². The van der Waals surface area contributed by atoms with E-state index in [1.54, 1.807) is 0 Å². The lowest BCUT2D eigenvalue weighted by atomic mass is 9.92. The van der Waals surface area contributed by atoms with Gasteiger partial charge in [-0.1, -0.05) is 224 Å². The minimum Gasteiger partial charge on any atom is -0.310 e. The van der Waals surface area contributed by atoms with Crippen molar-refractivity contribution < 1.29 is 0 Å². The molecule has 0 aliphatic carbocycles. The molecule has 0 spiro atoms. The third-order valence-corrected chi connectivity index (χ3v) is 14.0. The normalized spacial score (nSPS) is 11.4. The fourth-order valence-electron chi connectivity index (χ4n) is 10.8. The van der Waals surface area contributed by atoms with Crippen LogP contribution in [0.3, 0.4) is 0 Å². The number of rotatable bonds is 9. The van der Waals surface area contributed by atoms with Gasteiger partial charge in [-0.05, 0) is 126 Å². The minimum absolute atomic E-state index is 1.07. The first-order valence-corrected chi connectivity index (χ1v) is 24.1. The molecule has 0 N–H and O–H groups in total. The number of benzene rings is 12. The van der Waals surface area contributed by atoms with Crippen molar-refractivity contribution in [2.45, 2.75) is 0 Å². The second-order valence-corrected chi connectivity index (χ2v) is 18.0. The number of aromatic nitrogens is 1. The van der Waals surface area contributed by atoms with Crippen LogP contribution in [0.4, 0.5) is 17.1 Å². The summed E-state index contributed by atoms with van der Waals surface area (Å²) < 4.78 is 2.42. The summed E-state index contributed by atoms with van der Waals surface area (Å²) in [6.45, 7) is 0. The average Bonchev–Trinajstić information content (AvgIpc) is 3.78. The summed E-state index contributed by atoms with van der Waals surface area (Å²) in [7, 11) is 0. The van der Waals surface area contributed by atoms with E-state index in [4.69, 9.17) is 0 Å². The van der Waals surface area contributed by atoms with Crippen molar-refractivity contribution in [3.8, 4) is 61.3 Å². The lowest BCUT2D eigenvalue weighted by Gasteiger charge is -2.27. The van der Waals surface area contributed by atoms with Crippen molar-refractivity contribution in [2.75, 3.05) is 4.90 Å². The van der Waals surface area contributed by atoms with Crippen LogP contribution in [0, 0.1) is 0 Å². The van der Waals surface area contributed by atoms with Gasteiger partial charge in [-0.25, -0.2) is 0 Å². The van der Waals surface area contributed by atoms with E-state index in [0.29, 0.717) is 0 Å². The molecule has 12 aromatic carbocycles. The maximum Gasteiger partial charge on any atom is 0.0541 e. The van der Waals surface area contributed by atoms with Gasteiger partial charge in [0, 0.05) is 33.4 Å². The molecule has 0 aliphatic rings. The molecule has 70 heavy (non-hydrogen) atoms. The Hall–Kier alpha value is -9.24. The third-order valence-electron chi connectivity index (χ3n) is 14.0. The SMILES string of the molecule is c1ccc(-c2ccc(-c3ccc(N(c4ccc(-c5ccc(-c6ccccc6)c6ccccc56)cc4)c4cccc(-c5ccccc5-n5c6ccccc6c6ccccc65)c4)cc3)c3ccccc23)cc1. The fraction of sp³-hybridized carbons (Fsp3) is 0. The topological polar surface area (TPSA) is 8.17 Å². The average molecular weight is 891 g/mol. The van der Waals surface area contributed by atoms with E-state index in [0.717, 1.165) is 33.9 Å². The van der Waals surface area contributed by atoms with Gasteiger partial charge in [0.1, 0.15) is 0 Å². The molecule has 2 heteroatoms. The van der Waals surface area contributed by atoms with E-state index in [1.165, 1.54) is 87.9 Å². The Balaban J connectivity index is 0.935. The van der Waals surface area contributed by atoms with Gasteiger partial charge in [0.25, 0.3) is 0 Å². The Labute approximate surface area is 408 Å². The maximum absolute atomic E-state index is 2.42.